The summed E-state index contributed by atoms with van der Waals surface area (Å²) in [7, 11) is 3.06. The summed E-state index contributed by atoms with van der Waals surface area (Å²) in [6.07, 6.45) is 0.799. The van der Waals surface area contributed by atoms with Crippen LogP contribution in [-0.4, -0.2) is 32.3 Å². The number of ether oxygens (including phenoxy) is 3. The van der Waals surface area contributed by atoms with E-state index in [1.807, 2.05) is 19.1 Å². The van der Waals surface area contributed by atoms with E-state index in [-0.39, 0.29) is 6.04 Å². The Labute approximate surface area is 125 Å². The Morgan fingerprint density at radius 2 is 1.76 bits per heavy atom. The first kappa shape index (κ1) is 17.1. The second-order valence-corrected chi connectivity index (χ2v) is 4.86. The number of amides is 1. The summed E-state index contributed by atoms with van der Waals surface area (Å²) in [5.74, 6) is 0.776. The molecule has 0 saturated heterocycles. The van der Waals surface area contributed by atoms with Crippen LogP contribution in [-0.2, 0) is 11.2 Å². The number of methoxy groups -OCH3 is 2. The fourth-order valence-corrected chi connectivity index (χ4v) is 1.85. The van der Waals surface area contributed by atoms with Crippen LogP contribution in [0.5, 0.6) is 17.2 Å². The van der Waals surface area contributed by atoms with Crippen LogP contribution < -0.4 is 25.7 Å². The molecule has 0 aliphatic carbocycles. The third kappa shape index (κ3) is 4.53. The van der Waals surface area contributed by atoms with Gasteiger partial charge < -0.3 is 25.7 Å². The minimum atomic E-state index is -0.781. The summed E-state index contributed by atoms with van der Waals surface area (Å²) in [4.78, 5) is 11.2. The van der Waals surface area contributed by atoms with E-state index in [4.69, 9.17) is 25.7 Å². The molecule has 0 aliphatic heterocycles. The van der Waals surface area contributed by atoms with Crippen LogP contribution in [0.25, 0.3) is 0 Å². The average Bonchev–Trinajstić information content (AvgIpc) is 2.47. The van der Waals surface area contributed by atoms with Gasteiger partial charge in [-0.15, -0.1) is 0 Å². The fourth-order valence-electron chi connectivity index (χ4n) is 1.85. The van der Waals surface area contributed by atoms with E-state index in [2.05, 4.69) is 0 Å². The van der Waals surface area contributed by atoms with Gasteiger partial charge in [-0.2, -0.15) is 0 Å². The number of hydrogen-bond donors (Lipinski definition) is 2. The lowest BCUT2D eigenvalue weighted by Gasteiger charge is -2.19. The molecule has 6 nitrogen and oxygen atoms in total. The predicted octanol–water partition coefficient (Wildman–Crippen LogP) is 1.24. The van der Waals surface area contributed by atoms with Crippen LogP contribution >= 0.6 is 0 Å². The standard InChI is InChI=1S/C15H24N2O4/c1-5-11(16)6-10-7-12(19-3)14(13(8-10)20-4)21-9(2)15(17)18/h7-9,11H,5-6,16H2,1-4H3,(H2,17,18). The summed E-state index contributed by atoms with van der Waals surface area (Å²) in [5, 5.41) is 0. The van der Waals surface area contributed by atoms with Crippen molar-refractivity contribution in [3.8, 4) is 17.2 Å². The molecule has 0 bridgehead atoms. The number of benzene rings is 1. The highest BCUT2D eigenvalue weighted by Gasteiger charge is 2.19. The molecule has 0 spiro atoms. The van der Waals surface area contributed by atoms with Gasteiger partial charge in [0.25, 0.3) is 5.91 Å². The van der Waals surface area contributed by atoms with Gasteiger partial charge in [-0.3, -0.25) is 4.79 Å². The van der Waals surface area contributed by atoms with E-state index in [0.717, 1.165) is 12.0 Å². The quantitative estimate of drug-likeness (QED) is 0.752. The van der Waals surface area contributed by atoms with Gasteiger partial charge in [-0.25, -0.2) is 0 Å². The van der Waals surface area contributed by atoms with Crippen molar-refractivity contribution in [3.05, 3.63) is 17.7 Å². The molecule has 1 amide bonds. The van der Waals surface area contributed by atoms with E-state index in [1.54, 1.807) is 6.92 Å². The van der Waals surface area contributed by atoms with Crippen molar-refractivity contribution >= 4 is 5.91 Å². The maximum absolute atomic E-state index is 11.2. The van der Waals surface area contributed by atoms with Crippen LogP contribution in [0.1, 0.15) is 25.8 Å². The second kappa shape index (κ2) is 7.73. The Morgan fingerprint density at radius 1 is 1.24 bits per heavy atom. The van der Waals surface area contributed by atoms with Crippen molar-refractivity contribution in [1.29, 1.82) is 0 Å². The van der Waals surface area contributed by atoms with Crippen LogP contribution in [0.3, 0.4) is 0 Å². The lowest BCUT2D eigenvalue weighted by atomic mass is 10.0. The van der Waals surface area contributed by atoms with Crippen LogP contribution in [0.2, 0.25) is 0 Å². The molecule has 1 aromatic rings. The summed E-state index contributed by atoms with van der Waals surface area (Å²) >= 11 is 0. The monoisotopic (exact) mass is 296 g/mol. The van der Waals surface area contributed by atoms with Gasteiger partial charge >= 0.3 is 0 Å². The van der Waals surface area contributed by atoms with Crippen molar-refractivity contribution in [1.82, 2.24) is 0 Å². The van der Waals surface area contributed by atoms with Gasteiger partial charge in [0.05, 0.1) is 14.2 Å². The van der Waals surface area contributed by atoms with Crippen molar-refractivity contribution in [2.24, 2.45) is 11.5 Å². The maximum Gasteiger partial charge on any atom is 0.258 e. The SMILES string of the molecule is CCC(N)Cc1cc(OC)c(OC(C)C(N)=O)c(OC)c1. The summed E-state index contributed by atoms with van der Waals surface area (Å²) in [6, 6.07) is 3.73. The van der Waals surface area contributed by atoms with Gasteiger partial charge in [0.1, 0.15) is 0 Å². The first-order valence-electron chi connectivity index (χ1n) is 6.89. The number of hydrogen-bond acceptors (Lipinski definition) is 5. The zero-order valence-electron chi connectivity index (χ0n) is 13.0. The average molecular weight is 296 g/mol. The third-order valence-electron chi connectivity index (χ3n) is 3.24. The molecule has 2 unspecified atom stereocenters. The first-order chi connectivity index (χ1) is 9.92. The normalized spacial score (nSPS) is 13.4. The molecule has 0 aliphatic rings. The number of carbonyl (C=O) groups is 1. The predicted molar refractivity (Wildman–Crippen MR) is 80.8 cm³/mol. The molecule has 4 N–H and O–H groups in total. The highest BCUT2D eigenvalue weighted by molar-refractivity contribution is 5.79. The number of carbonyl (C=O) groups excluding carboxylic acids is 1. The van der Waals surface area contributed by atoms with Crippen molar-refractivity contribution in [2.75, 3.05) is 14.2 Å². The highest BCUT2D eigenvalue weighted by atomic mass is 16.5. The Balaban J connectivity index is 3.15. The lowest BCUT2D eigenvalue weighted by Crippen LogP contribution is -2.31. The number of nitrogens with two attached hydrogens (primary N) is 2. The van der Waals surface area contributed by atoms with Gasteiger partial charge in [0.2, 0.25) is 5.75 Å². The molecule has 2 atom stereocenters. The topological polar surface area (TPSA) is 96.8 Å². The third-order valence-corrected chi connectivity index (χ3v) is 3.24. The summed E-state index contributed by atoms with van der Waals surface area (Å²) in [6.45, 7) is 3.60. The largest absolute Gasteiger partial charge is 0.493 e. The fraction of sp³-hybridized carbons (Fsp3) is 0.533. The Bertz CT molecular complexity index is 466. The molecule has 0 heterocycles. The zero-order chi connectivity index (χ0) is 16.0. The van der Waals surface area contributed by atoms with Crippen LogP contribution in [0.15, 0.2) is 12.1 Å². The smallest absolute Gasteiger partial charge is 0.258 e. The summed E-state index contributed by atoms with van der Waals surface area (Å²) < 4.78 is 16.2. The van der Waals surface area contributed by atoms with E-state index in [0.29, 0.717) is 23.7 Å². The van der Waals surface area contributed by atoms with Crippen LogP contribution in [0, 0.1) is 0 Å². The molecule has 21 heavy (non-hydrogen) atoms. The van der Waals surface area contributed by atoms with E-state index in [9.17, 15) is 4.79 Å². The van der Waals surface area contributed by atoms with Gasteiger partial charge in [0, 0.05) is 6.04 Å². The Hall–Kier alpha value is -1.95. The molecule has 1 aromatic carbocycles. The van der Waals surface area contributed by atoms with E-state index >= 15 is 0 Å². The molecule has 0 radical (unpaired) electrons. The Morgan fingerprint density at radius 3 is 2.14 bits per heavy atom. The van der Waals surface area contributed by atoms with E-state index < -0.39 is 12.0 Å². The van der Waals surface area contributed by atoms with E-state index in [1.165, 1.54) is 14.2 Å². The van der Waals surface area contributed by atoms with Gasteiger partial charge in [0.15, 0.2) is 17.6 Å². The van der Waals surface area contributed by atoms with Crippen molar-refractivity contribution in [3.63, 3.8) is 0 Å². The summed E-state index contributed by atoms with van der Waals surface area (Å²) in [5.41, 5.74) is 12.2. The molecular formula is C15H24N2O4. The second-order valence-electron chi connectivity index (χ2n) is 4.86. The van der Waals surface area contributed by atoms with Crippen molar-refractivity contribution < 1.29 is 19.0 Å². The minimum absolute atomic E-state index is 0.0655. The molecule has 6 heteroatoms. The lowest BCUT2D eigenvalue weighted by molar-refractivity contribution is -0.124. The molecule has 0 aromatic heterocycles. The number of primary amides is 1. The highest BCUT2D eigenvalue weighted by Crippen LogP contribution is 2.39. The Kier molecular flexibility index (Phi) is 6.30. The minimum Gasteiger partial charge on any atom is -0.493 e. The molecular weight excluding hydrogens is 272 g/mol. The van der Waals surface area contributed by atoms with Gasteiger partial charge in [-0.05, 0) is 37.5 Å². The molecule has 0 saturated carbocycles. The molecule has 118 valence electrons. The zero-order valence-corrected chi connectivity index (χ0v) is 13.0. The molecule has 1 rings (SSSR count). The van der Waals surface area contributed by atoms with Crippen molar-refractivity contribution in [2.45, 2.75) is 38.8 Å². The molecule has 0 fully saturated rings. The van der Waals surface area contributed by atoms with Crippen LogP contribution in [0.4, 0.5) is 0 Å². The number of rotatable bonds is 8. The maximum atomic E-state index is 11.2. The van der Waals surface area contributed by atoms with Gasteiger partial charge in [-0.1, -0.05) is 6.92 Å². The first-order valence-corrected chi connectivity index (χ1v) is 6.89.